The molecule has 0 radical (unpaired) electrons. The van der Waals surface area contributed by atoms with Crippen LogP contribution in [0, 0.1) is 5.82 Å². The largest absolute Gasteiger partial charge is 0.296 e. The van der Waals surface area contributed by atoms with E-state index in [0.29, 0.717) is 0 Å². The molecule has 20 heavy (non-hydrogen) atoms. The van der Waals surface area contributed by atoms with Crippen molar-refractivity contribution in [3.05, 3.63) is 35.6 Å². The lowest BCUT2D eigenvalue weighted by atomic mass is 9.82. The fourth-order valence-corrected chi connectivity index (χ4v) is 4.18. The average Bonchev–Trinajstić information content (AvgIpc) is 3.11. The number of nitrogens with zero attached hydrogens (tertiary/aromatic N) is 1. The van der Waals surface area contributed by atoms with E-state index in [2.05, 4.69) is 10.3 Å². The number of hydrogen-bond acceptors (Lipinski definition) is 3. The lowest BCUT2D eigenvalue weighted by Crippen LogP contribution is -2.55. The number of nitrogens with one attached hydrogen (secondary N) is 1. The summed E-state index contributed by atoms with van der Waals surface area (Å²) in [4.78, 5) is 2.59. The molecule has 3 rings (SSSR count). The zero-order valence-electron chi connectivity index (χ0n) is 11.9. The quantitative estimate of drug-likeness (QED) is 0.657. The van der Waals surface area contributed by atoms with Crippen molar-refractivity contribution in [2.24, 2.45) is 5.84 Å². The van der Waals surface area contributed by atoms with Gasteiger partial charge in [-0.3, -0.25) is 16.2 Å². The van der Waals surface area contributed by atoms with Crippen molar-refractivity contribution in [2.75, 3.05) is 13.1 Å². The number of benzene rings is 1. The molecule has 1 aliphatic carbocycles. The highest BCUT2D eigenvalue weighted by molar-refractivity contribution is 5.25. The third-order valence-corrected chi connectivity index (χ3v) is 5.09. The average molecular weight is 277 g/mol. The molecule has 1 aromatic carbocycles. The summed E-state index contributed by atoms with van der Waals surface area (Å²) in [7, 11) is 0. The first-order valence-corrected chi connectivity index (χ1v) is 7.73. The standard InChI is InChI=1S/C16H24FN3/c17-14-7-5-6-13(12-14)15(19-18)16(8-1-2-9-16)20-10-3-4-11-20/h5-7,12,15,19H,1-4,8-11,18H2. The summed E-state index contributed by atoms with van der Waals surface area (Å²) >= 11 is 0. The van der Waals surface area contributed by atoms with E-state index in [1.165, 1.54) is 31.7 Å². The lowest BCUT2D eigenvalue weighted by molar-refractivity contribution is 0.0763. The van der Waals surface area contributed by atoms with Gasteiger partial charge in [0, 0.05) is 5.54 Å². The van der Waals surface area contributed by atoms with E-state index in [0.717, 1.165) is 31.5 Å². The molecule has 0 amide bonds. The van der Waals surface area contributed by atoms with Gasteiger partial charge in [0.05, 0.1) is 6.04 Å². The normalized spacial score (nSPS) is 24.1. The summed E-state index contributed by atoms with van der Waals surface area (Å²) in [6.45, 7) is 2.29. The zero-order valence-corrected chi connectivity index (χ0v) is 11.9. The molecule has 1 saturated heterocycles. The molecule has 3 nitrogen and oxygen atoms in total. The molecule has 4 heteroatoms. The number of rotatable bonds is 4. The number of likely N-dealkylation sites (tertiary alicyclic amines) is 1. The molecule has 2 aliphatic rings. The predicted octanol–water partition coefficient (Wildman–Crippen LogP) is 2.74. The van der Waals surface area contributed by atoms with Crippen molar-refractivity contribution >= 4 is 0 Å². The Hall–Kier alpha value is -0.970. The molecule has 1 unspecified atom stereocenters. The van der Waals surface area contributed by atoms with Crippen molar-refractivity contribution in [3.63, 3.8) is 0 Å². The monoisotopic (exact) mass is 277 g/mol. The first-order valence-electron chi connectivity index (χ1n) is 7.73. The second kappa shape index (κ2) is 5.80. The van der Waals surface area contributed by atoms with Crippen LogP contribution >= 0.6 is 0 Å². The van der Waals surface area contributed by atoms with Crippen LogP contribution in [0.25, 0.3) is 0 Å². The van der Waals surface area contributed by atoms with Crippen molar-refractivity contribution in [3.8, 4) is 0 Å². The minimum Gasteiger partial charge on any atom is -0.296 e. The van der Waals surface area contributed by atoms with E-state index < -0.39 is 0 Å². The van der Waals surface area contributed by atoms with Crippen LogP contribution < -0.4 is 11.3 Å². The molecule has 1 atom stereocenters. The van der Waals surface area contributed by atoms with Crippen LogP contribution in [0.4, 0.5) is 4.39 Å². The van der Waals surface area contributed by atoms with Crippen LogP contribution in [0.2, 0.25) is 0 Å². The van der Waals surface area contributed by atoms with Crippen LogP contribution in [0.15, 0.2) is 24.3 Å². The topological polar surface area (TPSA) is 41.3 Å². The number of nitrogens with two attached hydrogens (primary N) is 1. The maximum atomic E-state index is 13.6. The zero-order chi connectivity index (χ0) is 14.0. The Labute approximate surface area is 120 Å². The third-order valence-electron chi connectivity index (χ3n) is 5.09. The van der Waals surface area contributed by atoms with Gasteiger partial charge in [-0.05, 0) is 56.5 Å². The van der Waals surface area contributed by atoms with Gasteiger partial charge in [0.2, 0.25) is 0 Å². The van der Waals surface area contributed by atoms with Crippen LogP contribution in [0.1, 0.15) is 50.1 Å². The smallest absolute Gasteiger partial charge is 0.123 e. The highest BCUT2D eigenvalue weighted by atomic mass is 19.1. The van der Waals surface area contributed by atoms with Crippen molar-refractivity contribution in [1.29, 1.82) is 0 Å². The molecule has 1 heterocycles. The maximum absolute atomic E-state index is 13.6. The Morgan fingerprint density at radius 2 is 1.85 bits per heavy atom. The molecule has 1 aliphatic heterocycles. The van der Waals surface area contributed by atoms with Crippen LogP contribution in [0.3, 0.4) is 0 Å². The van der Waals surface area contributed by atoms with Gasteiger partial charge >= 0.3 is 0 Å². The number of hydrazine groups is 1. The molecule has 3 N–H and O–H groups in total. The highest BCUT2D eigenvalue weighted by Gasteiger charge is 2.46. The second-order valence-electron chi connectivity index (χ2n) is 6.16. The summed E-state index contributed by atoms with van der Waals surface area (Å²) in [5.74, 6) is 5.71. The maximum Gasteiger partial charge on any atom is 0.123 e. The third kappa shape index (κ3) is 2.36. The fraction of sp³-hybridized carbons (Fsp3) is 0.625. The van der Waals surface area contributed by atoms with E-state index in [-0.39, 0.29) is 17.4 Å². The Balaban J connectivity index is 1.95. The number of hydrogen-bond donors (Lipinski definition) is 2. The SMILES string of the molecule is NNC(c1cccc(F)c1)C1(N2CCCC2)CCCC1. The van der Waals surface area contributed by atoms with Gasteiger partial charge in [0.25, 0.3) is 0 Å². The summed E-state index contributed by atoms with van der Waals surface area (Å²) in [6.07, 6.45) is 7.31. The van der Waals surface area contributed by atoms with E-state index in [4.69, 9.17) is 5.84 Å². The first kappa shape index (κ1) is 14.0. The Bertz CT molecular complexity index is 451. The highest BCUT2D eigenvalue weighted by Crippen LogP contribution is 2.45. The summed E-state index contributed by atoms with van der Waals surface area (Å²) in [5.41, 5.74) is 4.04. The summed E-state index contributed by atoms with van der Waals surface area (Å²) in [5, 5.41) is 0. The van der Waals surface area contributed by atoms with Crippen LogP contribution in [-0.2, 0) is 0 Å². The van der Waals surface area contributed by atoms with Gasteiger partial charge in [-0.1, -0.05) is 25.0 Å². The minimum atomic E-state index is -0.183. The predicted molar refractivity (Wildman–Crippen MR) is 78.5 cm³/mol. The molecule has 110 valence electrons. The van der Waals surface area contributed by atoms with E-state index in [1.54, 1.807) is 12.1 Å². The summed E-state index contributed by atoms with van der Waals surface area (Å²) in [6, 6.07) is 6.90. The van der Waals surface area contributed by atoms with Gasteiger partial charge in [-0.2, -0.15) is 0 Å². The second-order valence-corrected chi connectivity index (χ2v) is 6.16. The van der Waals surface area contributed by atoms with E-state index in [1.807, 2.05) is 6.07 Å². The molecule has 1 saturated carbocycles. The molecule has 2 fully saturated rings. The molecule has 1 aromatic rings. The van der Waals surface area contributed by atoms with Gasteiger partial charge in [0.1, 0.15) is 5.82 Å². The Kier molecular flexibility index (Phi) is 4.06. The lowest BCUT2D eigenvalue weighted by Gasteiger charge is -2.45. The van der Waals surface area contributed by atoms with Crippen LogP contribution in [0.5, 0.6) is 0 Å². The van der Waals surface area contributed by atoms with Crippen molar-refractivity contribution < 1.29 is 4.39 Å². The molecule has 0 bridgehead atoms. The number of halogens is 1. The Morgan fingerprint density at radius 1 is 1.15 bits per heavy atom. The van der Waals surface area contributed by atoms with Gasteiger partial charge in [0.15, 0.2) is 0 Å². The van der Waals surface area contributed by atoms with E-state index in [9.17, 15) is 4.39 Å². The van der Waals surface area contributed by atoms with Crippen LogP contribution in [-0.4, -0.2) is 23.5 Å². The minimum absolute atomic E-state index is 0.0128. The van der Waals surface area contributed by atoms with Crippen molar-refractivity contribution in [1.82, 2.24) is 10.3 Å². The van der Waals surface area contributed by atoms with Gasteiger partial charge in [-0.25, -0.2) is 4.39 Å². The van der Waals surface area contributed by atoms with Crippen molar-refractivity contribution in [2.45, 2.75) is 50.1 Å². The molecule has 0 spiro atoms. The Morgan fingerprint density at radius 3 is 2.45 bits per heavy atom. The van der Waals surface area contributed by atoms with Gasteiger partial charge in [-0.15, -0.1) is 0 Å². The molecular weight excluding hydrogens is 253 g/mol. The first-order chi connectivity index (χ1) is 9.76. The molecule has 0 aromatic heterocycles. The molecular formula is C16H24FN3. The van der Waals surface area contributed by atoms with Gasteiger partial charge < -0.3 is 0 Å². The fourth-order valence-electron chi connectivity index (χ4n) is 4.18. The summed E-state index contributed by atoms with van der Waals surface area (Å²) < 4.78 is 13.6. The van der Waals surface area contributed by atoms with E-state index >= 15 is 0 Å².